The molecule has 0 saturated heterocycles. The van der Waals surface area contributed by atoms with E-state index in [1.165, 1.54) is 11.3 Å². The largest absolute Gasteiger partial charge is 0.376 e. The fraction of sp³-hybridized carbons (Fsp3) is 0.350. The van der Waals surface area contributed by atoms with E-state index in [4.69, 9.17) is 0 Å². The van der Waals surface area contributed by atoms with Crippen LogP contribution in [0.5, 0.6) is 0 Å². The van der Waals surface area contributed by atoms with Crippen molar-refractivity contribution in [2.75, 3.05) is 35.2 Å². The maximum absolute atomic E-state index is 12.1. The van der Waals surface area contributed by atoms with Crippen LogP contribution < -0.4 is 15.5 Å². The Bertz CT molecular complexity index is 676. The van der Waals surface area contributed by atoms with E-state index in [1.807, 2.05) is 38.1 Å². The number of nitrogens with one attached hydrogen (secondary N) is 2. The third-order valence-corrected chi connectivity index (χ3v) is 4.11. The van der Waals surface area contributed by atoms with Gasteiger partial charge in [0.15, 0.2) is 0 Å². The van der Waals surface area contributed by atoms with Gasteiger partial charge in [-0.1, -0.05) is 12.1 Å². The van der Waals surface area contributed by atoms with Crippen molar-refractivity contribution in [3.63, 3.8) is 0 Å². The first-order valence-electron chi connectivity index (χ1n) is 8.49. The minimum absolute atomic E-state index is 0.0495. The van der Waals surface area contributed by atoms with Crippen LogP contribution in [0, 0.1) is 13.8 Å². The highest BCUT2D eigenvalue weighted by Gasteiger charge is 2.06. The summed E-state index contributed by atoms with van der Waals surface area (Å²) in [6, 6.07) is 14.2. The lowest BCUT2D eigenvalue weighted by molar-refractivity contribution is -0.114. The zero-order valence-corrected chi connectivity index (χ0v) is 15.0. The Balaban J connectivity index is 1.91. The highest BCUT2D eigenvalue weighted by atomic mass is 16.1. The number of hydrogen-bond donors (Lipinski definition) is 2. The summed E-state index contributed by atoms with van der Waals surface area (Å²) in [7, 11) is 0. The molecule has 2 aromatic rings. The second-order valence-corrected chi connectivity index (χ2v) is 5.94. The predicted molar refractivity (Wildman–Crippen MR) is 103 cm³/mol. The molecular formula is C20H27N3O. The molecule has 128 valence electrons. The molecule has 2 N–H and O–H groups in total. The van der Waals surface area contributed by atoms with Gasteiger partial charge in [0, 0.05) is 30.2 Å². The summed E-state index contributed by atoms with van der Waals surface area (Å²) in [4.78, 5) is 14.4. The molecule has 0 aliphatic rings. The molecule has 4 nitrogen and oxygen atoms in total. The van der Waals surface area contributed by atoms with Crippen LogP contribution in [0.25, 0.3) is 0 Å². The highest BCUT2D eigenvalue weighted by Crippen LogP contribution is 2.18. The normalized spacial score (nSPS) is 10.3. The summed E-state index contributed by atoms with van der Waals surface area (Å²) in [5, 5.41) is 6.13. The van der Waals surface area contributed by atoms with Crippen molar-refractivity contribution in [3.05, 3.63) is 53.6 Å². The van der Waals surface area contributed by atoms with E-state index in [0.29, 0.717) is 0 Å². The van der Waals surface area contributed by atoms with E-state index < -0.39 is 0 Å². The molecule has 0 unspecified atom stereocenters. The summed E-state index contributed by atoms with van der Waals surface area (Å²) in [5.41, 5.74) is 5.31. The van der Waals surface area contributed by atoms with Gasteiger partial charge in [0.25, 0.3) is 0 Å². The first kappa shape index (κ1) is 17.9. The Kier molecular flexibility index (Phi) is 6.24. The average molecular weight is 325 g/mol. The van der Waals surface area contributed by atoms with Gasteiger partial charge in [-0.3, -0.25) is 4.79 Å². The van der Waals surface area contributed by atoms with E-state index in [-0.39, 0.29) is 12.5 Å². The smallest absolute Gasteiger partial charge is 0.243 e. The fourth-order valence-electron chi connectivity index (χ4n) is 2.65. The van der Waals surface area contributed by atoms with E-state index in [1.54, 1.807) is 0 Å². The molecular weight excluding hydrogens is 298 g/mol. The van der Waals surface area contributed by atoms with Crippen molar-refractivity contribution in [2.45, 2.75) is 27.7 Å². The molecule has 0 aliphatic heterocycles. The number of carbonyl (C=O) groups excluding carboxylic acids is 1. The number of rotatable bonds is 7. The lowest BCUT2D eigenvalue weighted by Crippen LogP contribution is -2.23. The van der Waals surface area contributed by atoms with Crippen LogP contribution in [0.3, 0.4) is 0 Å². The first-order chi connectivity index (χ1) is 11.5. The quantitative estimate of drug-likeness (QED) is 0.802. The van der Waals surface area contributed by atoms with Gasteiger partial charge in [0.1, 0.15) is 0 Å². The van der Waals surface area contributed by atoms with Crippen LogP contribution in [0.2, 0.25) is 0 Å². The van der Waals surface area contributed by atoms with Crippen molar-refractivity contribution in [1.29, 1.82) is 0 Å². The lowest BCUT2D eigenvalue weighted by Gasteiger charge is -2.21. The van der Waals surface area contributed by atoms with Crippen molar-refractivity contribution in [3.8, 4) is 0 Å². The van der Waals surface area contributed by atoms with Crippen LogP contribution in [0.15, 0.2) is 42.5 Å². The molecule has 0 heterocycles. The van der Waals surface area contributed by atoms with Gasteiger partial charge >= 0.3 is 0 Å². The van der Waals surface area contributed by atoms with Crippen LogP contribution in [-0.2, 0) is 4.79 Å². The van der Waals surface area contributed by atoms with Crippen molar-refractivity contribution in [1.82, 2.24) is 0 Å². The van der Waals surface area contributed by atoms with Gasteiger partial charge < -0.3 is 15.5 Å². The number of hydrogen-bond acceptors (Lipinski definition) is 3. The number of amides is 1. The van der Waals surface area contributed by atoms with Gasteiger partial charge in [-0.15, -0.1) is 0 Å². The Hall–Kier alpha value is -2.49. The van der Waals surface area contributed by atoms with Gasteiger partial charge in [0.05, 0.1) is 6.54 Å². The molecule has 2 aromatic carbocycles. The van der Waals surface area contributed by atoms with Crippen molar-refractivity contribution in [2.24, 2.45) is 0 Å². The molecule has 0 radical (unpaired) electrons. The lowest BCUT2D eigenvalue weighted by atomic mass is 10.1. The molecule has 0 aliphatic carbocycles. The molecule has 4 heteroatoms. The van der Waals surface area contributed by atoms with Crippen molar-refractivity contribution >= 4 is 23.0 Å². The maximum atomic E-state index is 12.1. The summed E-state index contributed by atoms with van der Waals surface area (Å²) in [6.07, 6.45) is 0. The minimum Gasteiger partial charge on any atom is -0.376 e. The molecule has 1 amide bonds. The molecule has 2 rings (SSSR count). The van der Waals surface area contributed by atoms with Crippen molar-refractivity contribution < 1.29 is 4.79 Å². The van der Waals surface area contributed by atoms with Crippen LogP contribution >= 0.6 is 0 Å². The number of nitrogens with zero attached hydrogens (tertiary/aromatic N) is 1. The molecule has 24 heavy (non-hydrogen) atoms. The Labute approximate surface area is 144 Å². The zero-order valence-electron chi connectivity index (χ0n) is 15.0. The van der Waals surface area contributed by atoms with Gasteiger partial charge in [-0.2, -0.15) is 0 Å². The molecule has 0 bridgehead atoms. The van der Waals surface area contributed by atoms with E-state index in [0.717, 1.165) is 30.0 Å². The summed E-state index contributed by atoms with van der Waals surface area (Å²) < 4.78 is 0. The zero-order chi connectivity index (χ0) is 17.5. The van der Waals surface area contributed by atoms with E-state index in [9.17, 15) is 4.79 Å². The first-order valence-corrected chi connectivity index (χ1v) is 8.49. The molecule has 0 atom stereocenters. The third-order valence-electron chi connectivity index (χ3n) is 4.11. The van der Waals surface area contributed by atoms with Gasteiger partial charge in [-0.25, -0.2) is 0 Å². The van der Waals surface area contributed by atoms with Crippen LogP contribution in [0.1, 0.15) is 25.0 Å². The minimum atomic E-state index is -0.0495. The Morgan fingerprint density at radius 1 is 1.00 bits per heavy atom. The standard InChI is InChI=1S/C20H27N3O/c1-5-23(6-2)18-11-9-17(10-12-18)22-20(24)14-21-19-13-15(3)7-8-16(19)4/h7-13,21H,5-6,14H2,1-4H3,(H,22,24). The Morgan fingerprint density at radius 3 is 2.29 bits per heavy atom. The number of anilines is 3. The van der Waals surface area contributed by atoms with Gasteiger partial charge in [0.2, 0.25) is 5.91 Å². The number of aryl methyl sites for hydroxylation is 2. The van der Waals surface area contributed by atoms with Crippen LogP contribution in [-0.4, -0.2) is 25.5 Å². The van der Waals surface area contributed by atoms with E-state index in [2.05, 4.69) is 47.6 Å². The molecule has 0 fully saturated rings. The molecule has 0 saturated carbocycles. The monoisotopic (exact) mass is 325 g/mol. The molecule has 0 aromatic heterocycles. The molecule has 0 spiro atoms. The number of carbonyl (C=O) groups is 1. The summed E-state index contributed by atoms with van der Waals surface area (Å²) in [5.74, 6) is -0.0495. The van der Waals surface area contributed by atoms with Crippen LogP contribution in [0.4, 0.5) is 17.1 Å². The maximum Gasteiger partial charge on any atom is 0.243 e. The SMILES string of the molecule is CCN(CC)c1ccc(NC(=O)CNc2cc(C)ccc2C)cc1. The van der Waals surface area contributed by atoms with Gasteiger partial charge in [-0.05, 0) is 69.2 Å². The predicted octanol–water partition coefficient (Wildman–Crippen LogP) is 4.20. The highest BCUT2D eigenvalue weighted by molar-refractivity contribution is 5.94. The van der Waals surface area contributed by atoms with E-state index >= 15 is 0 Å². The third kappa shape index (κ3) is 4.75. The fourth-order valence-corrected chi connectivity index (χ4v) is 2.65. The Morgan fingerprint density at radius 2 is 1.67 bits per heavy atom. The summed E-state index contributed by atoms with van der Waals surface area (Å²) >= 11 is 0. The topological polar surface area (TPSA) is 44.4 Å². The second-order valence-electron chi connectivity index (χ2n) is 5.94. The second kappa shape index (κ2) is 8.39. The average Bonchev–Trinajstić information content (AvgIpc) is 2.58. The number of benzene rings is 2. The summed E-state index contributed by atoms with van der Waals surface area (Å²) in [6.45, 7) is 10.6.